The normalized spacial score (nSPS) is 33.9. The number of hydrogen-bond donors (Lipinski definition) is 2. The number of amides is 2. The summed E-state index contributed by atoms with van der Waals surface area (Å²) >= 11 is 0. The molecule has 0 aromatic heterocycles. The monoisotopic (exact) mass is 508 g/mol. The zero-order chi connectivity index (χ0) is 23.8. The summed E-state index contributed by atoms with van der Waals surface area (Å²) in [6.45, 7) is 3.36. The van der Waals surface area contributed by atoms with E-state index in [4.69, 9.17) is 18.5 Å². The summed E-state index contributed by atoms with van der Waals surface area (Å²) in [6, 6.07) is -1.06. The number of aliphatic imine (C=N–C) groups is 3. The zero-order valence-electron chi connectivity index (χ0n) is 18.9. The Bertz CT molecular complexity index is 989. The number of carbonyl (C=O) groups is 3. The van der Waals surface area contributed by atoms with Gasteiger partial charge in [-0.05, 0) is 12.8 Å². The van der Waals surface area contributed by atoms with Gasteiger partial charge in [0.15, 0.2) is 24.2 Å². The van der Waals surface area contributed by atoms with Crippen LogP contribution < -0.4 is 5.32 Å². The maximum atomic E-state index is 12.5. The van der Waals surface area contributed by atoms with E-state index < -0.39 is 50.3 Å². The summed E-state index contributed by atoms with van der Waals surface area (Å²) in [5, 5.41) is 2.47. The number of phosphoric acid groups is 1. The number of fused-ring (bicyclic) bond motifs is 2. The minimum Gasteiger partial charge on any atom is -0.455 e. The number of guanidine groups is 1. The molecule has 1 radical (unpaired) electrons. The number of hydrogen-bond acceptors (Lipinski definition) is 11. The van der Waals surface area contributed by atoms with Crippen molar-refractivity contribution in [2.45, 2.75) is 70.1 Å². The molecule has 181 valence electrons. The Labute approximate surface area is 217 Å². The van der Waals surface area contributed by atoms with Gasteiger partial charge in [0.05, 0.1) is 12.9 Å². The summed E-state index contributed by atoms with van der Waals surface area (Å²) in [5.41, 5.74) is 0. The van der Waals surface area contributed by atoms with Gasteiger partial charge in [0.2, 0.25) is 11.9 Å². The van der Waals surface area contributed by atoms with Crippen molar-refractivity contribution in [3.8, 4) is 0 Å². The van der Waals surface area contributed by atoms with Crippen molar-refractivity contribution < 1.29 is 42.4 Å². The zero-order valence-corrected chi connectivity index (χ0v) is 21.8. The van der Waals surface area contributed by atoms with Crippen LogP contribution >= 0.6 is 7.82 Å². The fraction of sp³-hybridized carbons (Fsp3) is 0.667. The Morgan fingerprint density at radius 2 is 2.03 bits per heavy atom. The molecular weight excluding hydrogens is 484 g/mol. The van der Waals surface area contributed by atoms with E-state index in [0.29, 0.717) is 12.8 Å². The maximum Gasteiger partial charge on any atom is 0.472 e. The largest absolute Gasteiger partial charge is 0.472 e. The van der Waals surface area contributed by atoms with Gasteiger partial charge in [-0.15, -0.1) is 0 Å². The van der Waals surface area contributed by atoms with E-state index in [2.05, 4.69) is 20.3 Å². The van der Waals surface area contributed by atoms with Crippen LogP contribution in [-0.2, 0) is 37.5 Å². The van der Waals surface area contributed by atoms with Gasteiger partial charge in [-0.2, -0.15) is 9.98 Å². The Balaban J connectivity index is 0.00000324. The summed E-state index contributed by atoms with van der Waals surface area (Å²) < 4.78 is 33.4. The molecule has 4 rings (SSSR count). The Kier molecular flexibility index (Phi) is 8.80. The molecule has 2 saturated heterocycles. The Morgan fingerprint density at radius 1 is 1.29 bits per heavy atom. The predicted molar refractivity (Wildman–Crippen MR) is 117 cm³/mol. The molecule has 2 N–H and O–H groups in total. The van der Waals surface area contributed by atoms with Gasteiger partial charge in [0.1, 0.15) is 12.2 Å². The summed E-state index contributed by atoms with van der Waals surface area (Å²) in [6.07, 6.45) is -1.38. The number of esters is 1. The predicted octanol–water partition coefficient (Wildman–Crippen LogP) is -0.518. The third-order valence-corrected chi connectivity index (χ3v) is 6.17. The third-order valence-electron chi connectivity index (χ3n) is 5.19. The van der Waals surface area contributed by atoms with Crippen LogP contribution in [0.4, 0.5) is 0 Å². The molecule has 14 nitrogen and oxygen atoms in total. The number of carbonyl (C=O) groups excluding carboxylic acids is 3. The molecule has 2 amide bonds. The molecule has 34 heavy (non-hydrogen) atoms. The van der Waals surface area contributed by atoms with Crippen molar-refractivity contribution in [3.05, 3.63) is 0 Å². The summed E-state index contributed by atoms with van der Waals surface area (Å²) in [5.74, 6) is -1.62. The molecule has 4 heterocycles. The SMILES string of the molecule is CCCC(=O)NC1=NC(=O)C2N=CN([C@@H]3O[C@@H]4COP(=O)(O)O[C@H]4[C@H]3OC(=O)CCC)C2=N1.[Na]. The third kappa shape index (κ3) is 5.65. The number of rotatable bonds is 6. The van der Waals surface area contributed by atoms with Gasteiger partial charge < -0.3 is 14.4 Å². The van der Waals surface area contributed by atoms with E-state index in [1.54, 1.807) is 6.92 Å². The molecular formula is C18H24N5NaO9P. The molecule has 16 heteroatoms. The number of ether oxygens (including phenoxy) is 2. The second kappa shape index (κ2) is 11.0. The smallest absolute Gasteiger partial charge is 0.455 e. The van der Waals surface area contributed by atoms with Gasteiger partial charge in [0.25, 0.3) is 5.91 Å². The Morgan fingerprint density at radius 3 is 2.74 bits per heavy atom. The van der Waals surface area contributed by atoms with E-state index in [0.717, 1.165) is 0 Å². The minimum absolute atomic E-state index is 0. The van der Waals surface area contributed by atoms with Gasteiger partial charge >= 0.3 is 13.8 Å². The standard InChI is InChI=1S/C18H24N5O9P.Na/c1-3-5-10(24)20-18-21-15-12(16(26)22-18)19-8-23(15)17-14(31-11(25)6-4-2)13-9(30-17)7-29-33(27,28)32-13;/h8-9,12-14,17H,3-7H2,1-2H3,(H,27,28)(H,20,22,24,26);/t9-,12?,13-,14-,17-;/m1./s1. The maximum absolute atomic E-state index is 12.5. The van der Waals surface area contributed by atoms with Crippen LogP contribution in [0.15, 0.2) is 15.0 Å². The van der Waals surface area contributed by atoms with Crippen molar-refractivity contribution in [2.24, 2.45) is 15.0 Å². The van der Waals surface area contributed by atoms with E-state index in [1.807, 2.05) is 6.92 Å². The molecule has 0 aromatic carbocycles. The quantitative estimate of drug-likeness (QED) is 0.270. The molecule has 4 aliphatic rings. The van der Waals surface area contributed by atoms with Crippen molar-refractivity contribution in [1.82, 2.24) is 10.2 Å². The first-order valence-corrected chi connectivity index (χ1v) is 12.0. The molecule has 0 saturated carbocycles. The molecule has 0 aromatic rings. The van der Waals surface area contributed by atoms with E-state index in [9.17, 15) is 23.8 Å². The molecule has 4 aliphatic heterocycles. The second-order valence-electron chi connectivity index (χ2n) is 7.72. The van der Waals surface area contributed by atoms with Gasteiger partial charge in [-0.1, -0.05) is 13.8 Å². The number of nitrogens with zero attached hydrogens (tertiary/aromatic N) is 4. The van der Waals surface area contributed by atoms with E-state index in [-0.39, 0.29) is 66.7 Å². The number of phosphoric ester groups is 1. The first-order valence-electron chi connectivity index (χ1n) is 10.6. The van der Waals surface area contributed by atoms with Gasteiger partial charge in [-0.3, -0.25) is 38.6 Å². The van der Waals surface area contributed by atoms with E-state index in [1.165, 1.54) is 11.2 Å². The summed E-state index contributed by atoms with van der Waals surface area (Å²) in [7, 11) is -4.36. The van der Waals surface area contributed by atoms with Crippen LogP contribution in [0.5, 0.6) is 0 Å². The number of nitrogens with one attached hydrogen (secondary N) is 1. The van der Waals surface area contributed by atoms with Crippen molar-refractivity contribution >= 4 is 73.3 Å². The fourth-order valence-corrected chi connectivity index (χ4v) is 4.71. The topological polar surface area (TPSA) is 178 Å². The average molecular weight is 508 g/mol. The molecule has 2 fully saturated rings. The molecule has 2 unspecified atom stereocenters. The minimum atomic E-state index is -4.36. The molecule has 6 atom stereocenters. The van der Waals surface area contributed by atoms with Crippen molar-refractivity contribution in [3.63, 3.8) is 0 Å². The molecule has 0 bridgehead atoms. The van der Waals surface area contributed by atoms with Crippen LogP contribution in [0, 0.1) is 0 Å². The van der Waals surface area contributed by atoms with Crippen LogP contribution in [0.2, 0.25) is 0 Å². The summed E-state index contributed by atoms with van der Waals surface area (Å²) in [4.78, 5) is 59.9. The second-order valence-corrected chi connectivity index (χ2v) is 9.13. The average Bonchev–Trinajstić information content (AvgIpc) is 3.29. The van der Waals surface area contributed by atoms with Gasteiger partial charge in [-0.25, -0.2) is 4.57 Å². The fourth-order valence-electron chi connectivity index (χ4n) is 3.75. The number of amidine groups is 1. The van der Waals surface area contributed by atoms with E-state index >= 15 is 0 Å². The van der Waals surface area contributed by atoms with Crippen LogP contribution in [0.25, 0.3) is 0 Å². The molecule has 0 aliphatic carbocycles. The van der Waals surface area contributed by atoms with Crippen LogP contribution in [0.3, 0.4) is 0 Å². The Hall–Kier alpha value is -1.51. The van der Waals surface area contributed by atoms with Crippen LogP contribution in [0.1, 0.15) is 39.5 Å². The van der Waals surface area contributed by atoms with Gasteiger partial charge in [0, 0.05) is 42.4 Å². The first-order chi connectivity index (χ1) is 15.7. The van der Waals surface area contributed by atoms with Crippen molar-refractivity contribution in [2.75, 3.05) is 6.61 Å². The van der Waals surface area contributed by atoms with Crippen molar-refractivity contribution in [1.29, 1.82) is 0 Å². The van der Waals surface area contributed by atoms with Crippen LogP contribution in [-0.4, -0.2) is 112 Å². The first kappa shape index (κ1) is 27.1. The molecule has 0 spiro atoms.